The third kappa shape index (κ3) is 3.75. The standard InChI is InChI=1S/C19H22ClNO3S/c1-3-24-19(23)12(7-9-22)10-17-14-11-21(2)8-6-13-15(20)4-5-16(25-17)18(13)14/h4-5,10,22H,3,6-9,11H2,1-2H3/b12-10+. The third-order valence-corrected chi connectivity index (χ3v) is 5.93. The van der Waals surface area contributed by atoms with Gasteiger partial charge in [0, 0.05) is 51.7 Å². The smallest absolute Gasteiger partial charge is 0.334 e. The maximum absolute atomic E-state index is 12.2. The Hall–Kier alpha value is -1.40. The fourth-order valence-corrected chi connectivity index (χ4v) is 4.69. The Morgan fingerprint density at radius 2 is 2.24 bits per heavy atom. The molecule has 4 nitrogen and oxygen atoms in total. The van der Waals surface area contributed by atoms with Gasteiger partial charge in [-0.1, -0.05) is 11.6 Å². The minimum Gasteiger partial charge on any atom is -0.463 e. The van der Waals surface area contributed by atoms with E-state index in [0.717, 1.165) is 29.4 Å². The first-order valence-corrected chi connectivity index (χ1v) is 9.64. The Morgan fingerprint density at radius 3 is 2.96 bits per heavy atom. The van der Waals surface area contributed by atoms with Gasteiger partial charge in [0.15, 0.2) is 0 Å². The molecule has 1 aromatic carbocycles. The Bertz CT molecular complexity index is 828. The van der Waals surface area contributed by atoms with E-state index in [-0.39, 0.29) is 19.0 Å². The van der Waals surface area contributed by atoms with Crippen LogP contribution >= 0.6 is 22.9 Å². The molecule has 0 aliphatic carbocycles. The molecule has 0 spiro atoms. The lowest BCUT2D eigenvalue weighted by molar-refractivity contribution is -0.138. The van der Waals surface area contributed by atoms with Gasteiger partial charge >= 0.3 is 5.97 Å². The fourth-order valence-electron chi connectivity index (χ4n) is 3.23. The van der Waals surface area contributed by atoms with Gasteiger partial charge in [-0.2, -0.15) is 0 Å². The zero-order chi connectivity index (χ0) is 18.0. The zero-order valence-corrected chi connectivity index (χ0v) is 16.0. The molecule has 0 saturated carbocycles. The Morgan fingerprint density at radius 1 is 1.44 bits per heavy atom. The lowest BCUT2D eigenvalue weighted by Crippen LogP contribution is -2.18. The molecule has 2 heterocycles. The minimum absolute atomic E-state index is 0.0815. The second kappa shape index (κ2) is 7.87. The first kappa shape index (κ1) is 18.4. The van der Waals surface area contributed by atoms with Gasteiger partial charge < -0.3 is 14.7 Å². The van der Waals surface area contributed by atoms with Crippen LogP contribution < -0.4 is 0 Å². The molecule has 0 saturated heterocycles. The average Bonchev–Trinajstić information content (AvgIpc) is 2.80. The molecule has 3 rings (SSSR count). The molecular weight excluding hydrogens is 358 g/mol. The van der Waals surface area contributed by atoms with Crippen molar-refractivity contribution >= 4 is 45.1 Å². The van der Waals surface area contributed by atoms with Crippen LogP contribution in [0.2, 0.25) is 5.02 Å². The molecule has 0 fully saturated rings. The van der Waals surface area contributed by atoms with Crippen LogP contribution in [0.4, 0.5) is 0 Å². The molecule has 0 bridgehead atoms. The monoisotopic (exact) mass is 379 g/mol. The summed E-state index contributed by atoms with van der Waals surface area (Å²) in [5.74, 6) is -0.360. The molecule has 0 atom stereocenters. The summed E-state index contributed by atoms with van der Waals surface area (Å²) in [6.07, 6.45) is 3.09. The summed E-state index contributed by atoms with van der Waals surface area (Å²) in [4.78, 5) is 15.5. The van der Waals surface area contributed by atoms with Crippen LogP contribution in [0.25, 0.3) is 16.2 Å². The highest BCUT2D eigenvalue weighted by molar-refractivity contribution is 7.20. The van der Waals surface area contributed by atoms with Crippen LogP contribution in [0.5, 0.6) is 0 Å². The van der Waals surface area contributed by atoms with Crippen molar-refractivity contribution in [1.29, 1.82) is 0 Å². The van der Waals surface area contributed by atoms with E-state index in [2.05, 4.69) is 11.9 Å². The quantitative estimate of drug-likeness (QED) is 0.632. The number of carbonyl (C=O) groups is 1. The van der Waals surface area contributed by atoms with E-state index >= 15 is 0 Å². The Kier molecular flexibility index (Phi) is 5.79. The van der Waals surface area contributed by atoms with E-state index in [0.29, 0.717) is 12.2 Å². The van der Waals surface area contributed by atoms with E-state index in [9.17, 15) is 9.90 Å². The van der Waals surface area contributed by atoms with Crippen LogP contribution in [0, 0.1) is 0 Å². The van der Waals surface area contributed by atoms with Crippen molar-refractivity contribution in [3.63, 3.8) is 0 Å². The van der Waals surface area contributed by atoms with E-state index in [4.69, 9.17) is 16.3 Å². The topological polar surface area (TPSA) is 49.8 Å². The number of esters is 1. The maximum Gasteiger partial charge on any atom is 0.334 e. The molecular formula is C19H22ClNO3S. The Balaban J connectivity index is 2.15. The summed E-state index contributed by atoms with van der Waals surface area (Å²) in [5, 5.41) is 11.3. The van der Waals surface area contributed by atoms with Gasteiger partial charge in [0.1, 0.15) is 0 Å². The summed E-state index contributed by atoms with van der Waals surface area (Å²) in [6.45, 7) is 3.79. The van der Waals surface area contributed by atoms with Crippen molar-refractivity contribution in [2.24, 2.45) is 0 Å². The highest BCUT2D eigenvalue weighted by atomic mass is 35.5. The molecule has 1 aliphatic rings. The molecule has 6 heteroatoms. The minimum atomic E-state index is -0.360. The molecule has 0 unspecified atom stereocenters. The number of hydrogen-bond donors (Lipinski definition) is 1. The lowest BCUT2D eigenvalue weighted by atomic mass is 10.0. The highest BCUT2D eigenvalue weighted by Gasteiger charge is 2.22. The molecule has 134 valence electrons. The van der Waals surface area contributed by atoms with Gasteiger partial charge in [-0.25, -0.2) is 4.79 Å². The predicted octanol–water partition coefficient (Wildman–Crippen LogP) is 3.87. The van der Waals surface area contributed by atoms with Crippen LogP contribution in [0.1, 0.15) is 29.3 Å². The largest absolute Gasteiger partial charge is 0.463 e. The summed E-state index contributed by atoms with van der Waals surface area (Å²) in [5.41, 5.74) is 2.90. The number of hydrogen-bond acceptors (Lipinski definition) is 5. The van der Waals surface area contributed by atoms with Gasteiger partial charge in [-0.3, -0.25) is 0 Å². The summed E-state index contributed by atoms with van der Waals surface area (Å²) >= 11 is 8.11. The molecule has 1 N–H and O–H groups in total. The van der Waals surface area contributed by atoms with E-state index < -0.39 is 0 Å². The lowest BCUT2D eigenvalue weighted by Gasteiger charge is -2.13. The third-order valence-electron chi connectivity index (χ3n) is 4.43. The van der Waals surface area contributed by atoms with Crippen LogP contribution in [-0.2, 0) is 22.5 Å². The Labute approximate surface area is 156 Å². The van der Waals surface area contributed by atoms with E-state index in [1.165, 1.54) is 21.2 Å². The SMILES string of the molecule is CCOC(=O)/C(=C/c1sc2ccc(Cl)c3c2c1CN(C)CC3)CCO. The number of aliphatic hydroxyl groups excluding tert-OH is 1. The molecule has 1 aliphatic heterocycles. The number of ether oxygens (including phenoxy) is 1. The first-order chi connectivity index (χ1) is 12.0. The van der Waals surface area contributed by atoms with Crippen LogP contribution in [0.3, 0.4) is 0 Å². The van der Waals surface area contributed by atoms with Crippen molar-refractivity contribution < 1.29 is 14.6 Å². The van der Waals surface area contributed by atoms with Gasteiger partial charge in [-0.15, -0.1) is 11.3 Å². The molecule has 1 aromatic heterocycles. The summed E-state index contributed by atoms with van der Waals surface area (Å²) in [7, 11) is 2.09. The second-order valence-corrected chi connectivity index (χ2v) is 7.69. The number of benzene rings is 1. The van der Waals surface area contributed by atoms with E-state index in [1.807, 2.05) is 18.2 Å². The average molecular weight is 380 g/mol. The summed E-state index contributed by atoms with van der Waals surface area (Å²) < 4.78 is 6.32. The molecule has 2 aromatic rings. The second-order valence-electron chi connectivity index (χ2n) is 6.20. The van der Waals surface area contributed by atoms with Crippen molar-refractivity contribution in [3.05, 3.63) is 38.7 Å². The van der Waals surface area contributed by atoms with Crippen molar-refractivity contribution in [2.75, 3.05) is 26.8 Å². The van der Waals surface area contributed by atoms with E-state index in [1.54, 1.807) is 18.3 Å². The van der Waals surface area contributed by atoms with Gasteiger partial charge in [-0.05, 0) is 49.7 Å². The number of rotatable bonds is 5. The number of nitrogens with zero attached hydrogens (tertiary/aromatic N) is 1. The van der Waals surface area contributed by atoms with Crippen molar-refractivity contribution in [1.82, 2.24) is 4.90 Å². The fraction of sp³-hybridized carbons (Fsp3) is 0.421. The van der Waals surface area contributed by atoms with Crippen LogP contribution in [-0.4, -0.2) is 42.8 Å². The normalized spacial score (nSPS) is 15.4. The van der Waals surface area contributed by atoms with Crippen molar-refractivity contribution in [2.45, 2.75) is 26.3 Å². The predicted molar refractivity (Wildman–Crippen MR) is 103 cm³/mol. The number of carbonyl (C=O) groups excluding carboxylic acids is 1. The van der Waals surface area contributed by atoms with Gasteiger partial charge in [0.25, 0.3) is 0 Å². The first-order valence-electron chi connectivity index (χ1n) is 8.45. The van der Waals surface area contributed by atoms with Crippen molar-refractivity contribution in [3.8, 4) is 0 Å². The summed E-state index contributed by atoms with van der Waals surface area (Å²) in [6, 6.07) is 4.01. The van der Waals surface area contributed by atoms with Gasteiger partial charge in [0.2, 0.25) is 0 Å². The molecule has 0 radical (unpaired) electrons. The maximum atomic E-state index is 12.2. The molecule has 25 heavy (non-hydrogen) atoms. The number of thiophene rings is 1. The van der Waals surface area contributed by atoms with Crippen LogP contribution in [0.15, 0.2) is 17.7 Å². The number of aliphatic hydroxyl groups is 1. The van der Waals surface area contributed by atoms with Gasteiger partial charge in [0.05, 0.1) is 6.61 Å². The zero-order valence-electron chi connectivity index (χ0n) is 14.5. The number of halogens is 1. The molecule has 0 amide bonds. The number of likely N-dealkylation sites (N-methyl/N-ethyl adjacent to an activating group) is 1. The highest BCUT2D eigenvalue weighted by Crippen LogP contribution is 2.40.